The Bertz CT molecular complexity index is 1380. The molecule has 40 heavy (non-hydrogen) atoms. The van der Waals surface area contributed by atoms with Crippen molar-refractivity contribution >= 4 is 64.7 Å². The number of carbonyl (C=O) groups is 1. The molecule has 1 heterocycles. The molecule has 1 unspecified atom stereocenters. The van der Waals surface area contributed by atoms with Crippen molar-refractivity contribution in [1.82, 2.24) is 4.57 Å². The van der Waals surface area contributed by atoms with Crippen LogP contribution in [0.15, 0.2) is 48.5 Å². The van der Waals surface area contributed by atoms with E-state index in [-0.39, 0.29) is 30.2 Å². The van der Waals surface area contributed by atoms with Gasteiger partial charge >= 0.3 is 14.5 Å². The van der Waals surface area contributed by atoms with Gasteiger partial charge in [-0.2, -0.15) is 0 Å². The third kappa shape index (κ3) is 8.95. The molecule has 1 aromatic heterocycles. The van der Waals surface area contributed by atoms with E-state index in [1.54, 1.807) is 12.1 Å². The van der Waals surface area contributed by atoms with Crippen molar-refractivity contribution in [3.05, 3.63) is 65.6 Å². The van der Waals surface area contributed by atoms with Crippen LogP contribution in [0.2, 0.25) is 32.7 Å². The number of methoxy groups -OCH3 is 1. The number of hydrogen-bond acceptors (Lipinski definition) is 5. The zero-order chi connectivity index (χ0) is 29.7. The number of ether oxygens (including phenoxy) is 1. The van der Waals surface area contributed by atoms with E-state index in [9.17, 15) is 9.18 Å². The summed E-state index contributed by atoms with van der Waals surface area (Å²) in [4.78, 5) is 11.9. The van der Waals surface area contributed by atoms with Crippen LogP contribution >= 0.6 is 31.0 Å². The van der Waals surface area contributed by atoms with Gasteiger partial charge in [0.1, 0.15) is 11.5 Å². The SMILES string of the molecule is COC(=O)C[C@@H](CI)O[Si](C)(C)OP(C#Cc1c(C(C)C)c2ccccc2n1-c1ccc(F)cc1)O[Si](C)(C)C. The summed E-state index contributed by atoms with van der Waals surface area (Å²) in [6, 6.07) is 14.6. The quantitative estimate of drug-likeness (QED) is 0.0499. The Morgan fingerprint density at radius 1 is 1.05 bits per heavy atom. The molecular formula is C29H38FINO5PSi2. The molecular weight excluding hydrogens is 675 g/mol. The maximum Gasteiger partial charge on any atom is 0.338 e. The topological polar surface area (TPSA) is 58.9 Å². The van der Waals surface area contributed by atoms with Crippen LogP contribution in [0.5, 0.6) is 0 Å². The van der Waals surface area contributed by atoms with Gasteiger partial charge < -0.3 is 22.2 Å². The zero-order valence-corrected chi connectivity index (χ0v) is 29.4. The second-order valence-corrected chi connectivity index (χ2v) is 21.4. The van der Waals surface area contributed by atoms with E-state index in [0.717, 1.165) is 27.8 Å². The van der Waals surface area contributed by atoms with Gasteiger partial charge in [-0.15, -0.1) is 0 Å². The highest BCUT2D eigenvalue weighted by Crippen LogP contribution is 2.44. The third-order valence-corrected chi connectivity index (χ3v) is 13.2. The summed E-state index contributed by atoms with van der Waals surface area (Å²) >= 11 is 2.21. The van der Waals surface area contributed by atoms with E-state index >= 15 is 0 Å². The summed E-state index contributed by atoms with van der Waals surface area (Å²) in [6.45, 7) is 14.5. The minimum atomic E-state index is -2.76. The Labute approximate surface area is 254 Å². The molecule has 0 aliphatic carbocycles. The van der Waals surface area contributed by atoms with Crippen LogP contribution in [0.1, 0.15) is 37.4 Å². The van der Waals surface area contributed by atoms with E-state index < -0.39 is 25.3 Å². The fourth-order valence-electron chi connectivity index (χ4n) is 4.26. The summed E-state index contributed by atoms with van der Waals surface area (Å²) in [6.07, 6.45) is -0.160. The Morgan fingerprint density at radius 2 is 1.70 bits per heavy atom. The molecule has 0 saturated carbocycles. The average molecular weight is 714 g/mol. The van der Waals surface area contributed by atoms with Crippen molar-refractivity contribution in [2.75, 3.05) is 11.5 Å². The van der Waals surface area contributed by atoms with Gasteiger partial charge in [0.2, 0.25) is 8.38 Å². The van der Waals surface area contributed by atoms with E-state index in [4.69, 9.17) is 17.6 Å². The summed E-state index contributed by atoms with van der Waals surface area (Å²) in [5, 5.41) is 1.10. The molecule has 2 aromatic carbocycles. The smallest absolute Gasteiger partial charge is 0.338 e. The van der Waals surface area contributed by atoms with Crippen LogP contribution < -0.4 is 0 Å². The lowest BCUT2D eigenvalue weighted by molar-refractivity contribution is -0.142. The second kappa shape index (κ2) is 14.1. The monoisotopic (exact) mass is 713 g/mol. The van der Waals surface area contributed by atoms with Gasteiger partial charge in [-0.05, 0) is 86.1 Å². The number of nitrogens with zero attached hydrogens (tertiary/aromatic N) is 1. The average Bonchev–Trinajstić information content (AvgIpc) is 3.20. The van der Waals surface area contributed by atoms with Crippen molar-refractivity contribution in [3.63, 3.8) is 0 Å². The summed E-state index contributed by atoms with van der Waals surface area (Å²) in [7, 11) is -5.05. The predicted molar refractivity (Wildman–Crippen MR) is 175 cm³/mol. The molecule has 3 aromatic rings. The number of aromatic nitrogens is 1. The minimum Gasteiger partial charge on any atom is -0.469 e. The van der Waals surface area contributed by atoms with E-state index in [1.807, 2.05) is 25.2 Å². The first-order chi connectivity index (χ1) is 18.7. The molecule has 0 radical (unpaired) electrons. The van der Waals surface area contributed by atoms with Crippen LogP contribution in [-0.2, 0) is 22.4 Å². The fourth-order valence-corrected chi connectivity index (χ4v) is 10.9. The van der Waals surface area contributed by atoms with E-state index in [0.29, 0.717) is 4.43 Å². The van der Waals surface area contributed by atoms with E-state index in [1.165, 1.54) is 19.2 Å². The molecule has 0 amide bonds. The highest BCUT2D eigenvalue weighted by molar-refractivity contribution is 14.1. The number of rotatable bonds is 11. The minimum absolute atomic E-state index is 0.160. The molecule has 2 atom stereocenters. The maximum absolute atomic E-state index is 13.8. The lowest BCUT2D eigenvalue weighted by atomic mass is 9.99. The van der Waals surface area contributed by atoms with Crippen LogP contribution in [0.3, 0.4) is 0 Å². The van der Waals surface area contributed by atoms with Gasteiger partial charge in [0.15, 0.2) is 8.32 Å². The molecule has 0 spiro atoms. The Kier molecular flexibility index (Phi) is 11.6. The molecule has 0 aliphatic heterocycles. The number of hydrogen-bond donors (Lipinski definition) is 0. The molecule has 0 bridgehead atoms. The van der Waals surface area contributed by atoms with Crippen molar-refractivity contribution in [1.29, 1.82) is 0 Å². The lowest BCUT2D eigenvalue weighted by Gasteiger charge is -2.31. The third-order valence-electron chi connectivity index (χ3n) is 5.75. The number of carbonyl (C=O) groups excluding carboxylic acids is 1. The van der Waals surface area contributed by atoms with Gasteiger partial charge in [-0.3, -0.25) is 4.79 Å². The zero-order valence-electron chi connectivity index (χ0n) is 24.4. The number of para-hydroxylation sites is 1. The van der Waals surface area contributed by atoms with Crippen LogP contribution in [0.25, 0.3) is 16.6 Å². The molecule has 0 N–H and O–H groups in total. The Hall–Kier alpha value is -1.59. The van der Waals surface area contributed by atoms with Gasteiger partial charge in [0.25, 0.3) is 0 Å². The standard InChI is InChI=1S/C29H38FINO5PSi2/c1-21(2)29-25-11-9-10-12-26(25)32(23-15-13-22(30)14-16-23)27(29)17-18-38(36-39(4,5)6)37-40(7,8)35-24(20-31)19-28(33)34-3/h9-16,21,24H,19-20H2,1-8H3/t24-,38?/m0/s1. The van der Waals surface area contributed by atoms with Gasteiger partial charge in [0.05, 0.1) is 25.2 Å². The molecule has 0 saturated heterocycles. The molecule has 0 aliphatic rings. The van der Waals surface area contributed by atoms with Gasteiger partial charge in [0, 0.05) is 15.5 Å². The second-order valence-electron chi connectivity index (χ2n) is 11.1. The first-order valence-electron chi connectivity index (χ1n) is 13.1. The van der Waals surface area contributed by atoms with Gasteiger partial charge in [-0.25, -0.2) is 4.39 Å². The summed E-state index contributed by atoms with van der Waals surface area (Å²) < 4.78 is 40.7. The largest absolute Gasteiger partial charge is 0.469 e. The number of fused-ring (bicyclic) bond motifs is 1. The molecule has 0 fully saturated rings. The Balaban J connectivity index is 2.09. The Morgan fingerprint density at radius 3 is 2.27 bits per heavy atom. The molecule has 6 nitrogen and oxygen atoms in total. The maximum atomic E-state index is 13.8. The van der Waals surface area contributed by atoms with Crippen molar-refractivity contribution in [3.8, 4) is 17.3 Å². The number of esters is 1. The number of alkyl halides is 1. The summed E-state index contributed by atoms with van der Waals surface area (Å²) in [5.41, 5.74) is 7.12. The van der Waals surface area contributed by atoms with Crippen LogP contribution in [0, 0.1) is 17.4 Å². The van der Waals surface area contributed by atoms with Crippen molar-refractivity contribution in [2.45, 2.75) is 65.0 Å². The number of benzene rings is 2. The normalized spacial score (nSPS) is 13.7. The van der Waals surface area contributed by atoms with E-state index in [2.05, 4.69) is 84.4 Å². The highest BCUT2D eigenvalue weighted by atomic mass is 127. The van der Waals surface area contributed by atoms with Crippen molar-refractivity contribution < 1.29 is 26.8 Å². The van der Waals surface area contributed by atoms with Crippen molar-refractivity contribution in [2.24, 2.45) is 0 Å². The first kappa shape index (κ1) is 32.9. The fraction of sp³-hybridized carbons (Fsp3) is 0.414. The molecule has 216 valence electrons. The predicted octanol–water partition coefficient (Wildman–Crippen LogP) is 8.47. The van der Waals surface area contributed by atoms with Crippen LogP contribution in [-0.4, -0.2) is 45.1 Å². The first-order valence-corrected chi connectivity index (χ1v) is 22.1. The van der Waals surface area contributed by atoms with Gasteiger partial charge in [-0.1, -0.05) is 54.6 Å². The number of halogens is 2. The lowest BCUT2D eigenvalue weighted by Crippen LogP contribution is -2.40. The summed E-state index contributed by atoms with van der Waals surface area (Å²) in [5.74, 6) is 3.02. The van der Waals surface area contributed by atoms with Crippen LogP contribution in [0.4, 0.5) is 4.39 Å². The highest BCUT2D eigenvalue weighted by Gasteiger charge is 2.35. The molecule has 11 heteroatoms. The molecule has 3 rings (SSSR count).